The number of carboxylic acids is 1. The summed E-state index contributed by atoms with van der Waals surface area (Å²) in [4.78, 5) is 23.5. The van der Waals surface area contributed by atoms with Gasteiger partial charge in [0, 0.05) is 0 Å². The second-order valence-electron chi connectivity index (χ2n) is 5.96. The first-order valence-electron chi connectivity index (χ1n) is 7.90. The molecule has 2 aromatic rings. The second kappa shape index (κ2) is 7.40. The number of carboxylic acid groups (broad SMARTS) is 1. The van der Waals surface area contributed by atoms with Gasteiger partial charge in [-0.15, -0.1) is 0 Å². The van der Waals surface area contributed by atoms with Crippen molar-refractivity contribution in [3.05, 3.63) is 65.7 Å². The van der Waals surface area contributed by atoms with Crippen molar-refractivity contribution in [2.45, 2.75) is 17.3 Å². The molecule has 2 N–H and O–H groups in total. The molecule has 1 saturated heterocycles. The van der Waals surface area contributed by atoms with Gasteiger partial charge in [-0.05, 0) is 0 Å². The molecule has 1 aliphatic heterocycles. The van der Waals surface area contributed by atoms with Crippen LogP contribution in [0.4, 0.5) is 0 Å². The van der Waals surface area contributed by atoms with E-state index in [1.807, 2.05) is 42.5 Å². The number of benzene rings is 2. The Balaban J connectivity index is 1.90. The molecule has 0 spiro atoms. The Labute approximate surface area is 151 Å². The molecule has 6 heteroatoms. The third-order valence-corrected chi connectivity index (χ3v) is 6.98. The van der Waals surface area contributed by atoms with Crippen LogP contribution in [0.5, 0.6) is 0 Å². The number of ether oxygens (including phenoxy) is 1. The molecule has 0 bridgehead atoms. The molecule has 25 heavy (non-hydrogen) atoms. The predicted octanol–water partition coefficient (Wildman–Crippen LogP) is 1.58. The molecule has 1 heterocycles. The third kappa shape index (κ3) is 3.61. The molecule has 0 radical (unpaired) electrons. The number of hydrogen-bond donors (Lipinski definition) is 2. The van der Waals surface area contributed by atoms with E-state index < -0.39 is 23.5 Å². The van der Waals surface area contributed by atoms with Crippen molar-refractivity contribution >= 4 is 31.4 Å². The summed E-state index contributed by atoms with van der Waals surface area (Å²) in [5, 5.41) is 19.3. The molecule has 0 aromatic heterocycles. The van der Waals surface area contributed by atoms with E-state index in [0.717, 1.165) is 10.0 Å². The van der Waals surface area contributed by atoms with E-state index in [0.29, 0.717) is 11.7 Å². The van der Waals surface area contributed by atoms with Crippen LogP contribution in [-0.2, 0) is 15.1 Å². The van der Waals surface area contributed by atoms with Crippen LogP contribution in [0.25, 0.3) is 0 Å². The van der Waals surface area contributed by atoms with Crippen molar-refractivity contribution in [1.82, 2.24) is 0 Å². The maximum atomic E-state index is 12.1. The minimum atomic E-state index is -0.956. The summed E-state index contributed by atoms with van der Waals surface area (Å²) in [7, 11) is 0. The summed E-state index contributed by atoms with van der Waals surface area (Å²) in [6, 6.07) is 16.4. The van der Waals surface area contributed by atoms with Gasteiger partial charge in [0.15, 0.2) is 0 Å². The molecule has 2 atom stereocenters. The molecule has 0 amide bonds. The fraction of sp³-hybridized carbons (Fsp3) is 0.263. The van der Waals surface area contributed by atoms with Crippen molar-refractivity contribution < 1.29 is 24.5 Å². The fourth-order valence-electron chi connectivity index (χ4n) is 2.99. The first-order valence-corrected chi connectivity index (χ1v) is 9.97. The number of carbonyl (C=O) groups is 2. The van der Waals surface area contributed by atoms with Gasteiger partial charge in [-0.3, -0.25) is 0 Å². The molecule has 130 valence electrons. The minimum absolute atomic E-state index is 0.199. The van der Waals surface area contributed by atoms with Gasteiger partial charge in [0.2, 0.25) is 0 Å². The number of aromatic carboxylic acids is 1. The summed E-state index contributed by atoms with van der Waals surface area (Å²) < 4.78 is 6.49. The number of esters is 1. The molecular formula is C19H18O5Se. The van der Waals surface area contributed by atoms with E-state index in [1.54, 1.807) is 12.1 Å². The topological polar surface area (TPSA) is 83.8 Å². The zero-order valence-electron chi connectivity index (χ0n) is 13.4. The van der Waals surface area contributed by atoms with Crippen LogP contribution in [0, 0.1) is 5.92 Å². The summed E-state index contributed by atoms with van der Waals surface area (Å²) in [6.45, 7) is -0.244. The van der Waals surface area contributed by atoms with Crippen molar-refractivity contribution in [3.8, 4) is 0 Å². The van der Waals surface area contributed by atoms with E-state index in [-0.39, 0.29) is 27.1 Å². The number of rotatable bonds is 6. The Morgan fingerprint density at radius 1 is 1.16 bits per heavy atom. The molecule has 0 unspecified atom stereocenters. The molecule has 1 aliphatic rings. The molecule has 3 rings (SSSR count). The number of carbonyl (C=O) groups excluding carboxylic acids is 1. The second-order valence-corrected chi connectivity index (χ2v) is 8.09. The molecule has 0 aliphatic carbocycles. The molecular weight excluding hydrogens is 387 g/mol. The van der Waals surface area contributed by atoms with Gasteiger partial charge in [-0.1, -0.05) is 0 Å². The quantitative estimate of drug-likeness (QED) is 0.563. The van der Waals surface area contributed by atoms with Crippen LogP contribution in [0.15, 0.2) is 54.6 Å². The van der Waals surface area contributed by atoms with Crippen molar-refractivity contribution in [2.24, 2.45) is 5.92 Å². The molecule has 1 fully saturated rings. The van der Waals surface area contributed by atoms with E-state index in [2.05, 4.69) is 0 Å². The Kier molecular flexibility index (Phi) is 5.23. The zero-order valence-corrected chi connectivity index (χ0v) is 15.1. The Hall–Kier alpha value is -2.14. The van der Waals surface area contributed by atoms with E-state index >= 15 is 0 Å². The van der Waals surface area contributed by atoms with E-state index in [4.69, 9.17) is 4.74 Å². The third-order valence-electron chi connectivity index (χ3n) is 4.30. The predicted molar refractivity (Wildman–Crippen MR) is 93.0 cm³/mol. The number of hydrogen-bond acceptors (Lipinski definition) is 4. The van der Waals surface area contributed by atoms with Gasteiger partial charge in [0.1, 0.15) is 0 Å². The SMILES string of the molecule is O=C(O)c1ccccc1[Se]C[C@]1(c2ccccc2)C[C@H](CO)C(=O)O1. The first-order chi connectivity index (χ1) is 12.1. The summed E-state index contributed by atoms with van der Waals surface area (Å²) >= 11 is -0.199. The van der Waals surface area contributed by atoms with Crippen molar-refractivity contribution in [2.75, 3.05) is 6.61 Å². The van der Waals surface area contributed by atoms with Gasteiger partial charge in [-0.25, -0.2) is 0 Å². The van der Waals surface area contributed by atoms with Gasteiger partial charge in [0.25, 0.3) is 0 Å². The summed E-state index contributed by atoms with van der Waals surface area (Å²) in [5.74, 6) is -1.89. The summed E-state index contributed by atoms with van der Waals surface area (Å²) in [6.07, 6.45) is 0.406. The van der Waals surface area contributed by atoms with E-state index in [1.165, 1.54) is 0 Å². The average Bonchev–Trinajstić information content (AvgIpc) is 2.98. The van der Waals surface area contributed by atoms with Crippen LogP contribution in [0.1, 0.15) is 22.3 Å². The van der Waals surface area contributed by atoms with Crippen molar-refractivity contribution in [3.63, 3.8) is 0 Å². The maximum absolute atomic E-state index is 12.1. The normalized spacial score (nSPS) is 22.6. The van der Waals surface area contributed by atoms with Gasteiger partial charge in [-0.2, -0.15) is 0 Å². The van der Waals surface area contributed by atoms with Crippen LogP contribution in [-0.4, -0.2) is 43.7 Å². The molecule has 0 saturated carbocycles. The van der Waals surface area contributed by atoms with Gasteiger partial charge in [0.05, 0.1) is 0 Å². The van der Waals surface area contributed by atoms with Crippen LogP contribution in [0.2, 0.25) is 5.32 Å². The fourth-order valence-corrected chi connectivity index (χ4v) is 5.55. The van der Waals surface area contributed by atoms with Crippen molar-refractivity contribution in [1.29, 1.82) is 0 Å². The van der Waals surface area contributed by atoms with Crippen LogP contribution < -0.4 is 4.46 Å². The first kappa shape index (κ1) is 17.7. The van der Waals surface area contributed by atoms with Crippen LogP contribution >= 0.6 is 0 Å². The Morgan fingerprint density at radius 2 is 1.84 bits per heavy atom. The summed E-state index contributed by atoms with van der Waals surface area (Å²) in [5.41, 5.74) is 0.361. The average molecular weight is 405 g/mol. The zero-order chi connectivity index (χ0) is 17.9. The Bertz CT molecular complexity index is 776. The standard InChI is InChI=1S/C19H18O5Se/c20-11-13-10-19(24-18(13)23,14-6-2-1-3-7-14)12-25-16-9-5-4-8-15(16)17(21)22/h1-9,13,20H,10-12H2,(H,21,22)/t13-,19+/m1/s1. The molecule has 2 aromatic carbocycles. The van der Waals surface area contributed by atoms with E-state index in [9.17, 15) is 19.8 Å². The number of aliphatic hydroxyl groups is 1. The van der Waals surface area contributed by atoms with Gasteiger partial charge >= 0.3 is 151 Å². The van der Waals surface area contributed by atoms with Gasteiger partial charge < -0.3 is 0 Å². The number of cyclic esters (lactones) is 1. The molecule has 5 nitrogen and oxygen atoms in total. The van der Waals surface area contributed by atoms with Crippen LogP contribution in [0.3, 0.4) is 0 Å². The monoisotopic (exact) mass is 406 g/mol. The number of aliphatic hydroxyl groups excluding tert-OH is 1. The Morgan fingerprint density at radius 3 is 2.48 bits per heavy atom.